The molecule has 1 N–H and O–H groups in total. The fraction of sp³-hybridized carbons (Fsp3) is 0.318. The summed E-state index contributed by atoms with van der Waals surface area (Å²) in [5.74, 6) is -0.301. The van der Waals surface area contributed by atoms with Gasteiger partial charge in [-0.2, -0.15) is 0 Å². The van der Waals surface area contributed by atoms with Gasteiger partial charge in [0.05, 0.1) is 10.9 Å². The maximum absolute atomic E-state index is 13.0. The maximum Gasteiger partial charge on any atom is 0.331 e. The van der Waals surface area contributed by atoms with Gasteiger partial charge in [0.15, 0.2) is 0 Å². The van der Waals surface area contributed by atoms with Crippen molar-refractivity contribution in [3.63, 3.8) is 0 Å². The minimum absolute atomic E-state index is 0.153. The van der Waals surface area contributed by atoms with E-state index >= 15 is 0 Å². The first kappa shape index (κ1) is 19.6. The lowest BCUT2D eigenvalue weighted by molar-refractivity contribution is -0.116. The average molecular weight is 379 g/mol. The van der Waals surface area contributed by atoms with E-state index in [2.05, 4.69) is 5.32 Å². The number of unbranched alkanes of at least 4 members (excludes halogenated alkanes) is 1. The smallest absolute Gasteiger partial charge is 0.324 e. The quantitative estimate of drug-likeness (QED) is 0.715. The van der Waals surface area contributed by atoms with Crippen LogP contribution in [0.15, 0.2) is 52.1 Å². The van der Waals surface area contributed by atoms with Gasteiger partial charge >= 0.3 is 5.69 Å². The highest BCUT2D eigenvalue weighted by atomic mass is 16.2. The molecule has 0 atom stereocenters. The van der Waals surface area contributed by atoms with Crippen molar-refractivity contribution in [3.8, 4) is 0 Å². The van der Waals surface area contributed by atoms with E-state index < -0.39 is 5.69 Å². The van der Waals surface area contributed by atoms with Crippen molar-refractivity contribution < 1.29 is 4.79 Å². The number of rotatable bonds is 6. The van der Waals surface area contributed by atoms with Crippen LogP contribution in [0.5, 0.6) is 0 Å². The van der Waals surface area contributed by atoms with E-state index in [1.807, 2.05) is 39.0 Å². The molecule has 0 aliphatic rings. The normalized spacial score (nSPS) is 11.0. The van der Waals surface area contributed by atoms with E-state index in [0.29, 0.717) is 17.4 Å². The van der Waals surface area contributed by atoms with Crippen LogP contribution in [0.3, 0.4) is 0 Å². The molecule has 1 aromatic heterocycles. The molecule has 0 aliphatic heterocycles. The summed E-state index contributed by atoms with van der Waals surface area (Å²) < 4.78 is 2.62. The number of para-hydroxylation sites is 2. The van der Waals surface area contributed by atoms with Crippen LogP contribution in [-0.4, -0.2) is 15.0 Å². The zero-order chi connectivity index (χ0) is 20.3. The Labute approximate surface area is 163 Å². The van der Waals surface area contributed by atoms with Gasteiger partial charge in [-0.15, -0.1) is 0 Å². The molecule has 146 valence electrons. The molecule has 28 heavy (non-hydrogen) atoms. The third-order valence-corrected chi connectivity index (χ3v) is 4.91. The van der Waals surface area contributed by atoms with Crippen molar-refractivity contribution in [2.45, 2.75) is 46.7 Å². The van der Waals surface area contributed by atoms with Gasteiger partial charge in [-0.05, 0) is 43.5 Å². The lowest BCUT2D eigenvalue weighted by atomic mass is 10.1. The number of aromatic nitrogens is 2. The number of benzene rings is 2. The molecule has 0 aliphatic carbocycles. The van der Waals surface area contributed by atoms with E-state index in [-0.39, 0.29) is 18.0 Å². The van der Waals surface area contributed by atoms with Crippen molar-refractivity contribution in [2.24, 2.45) is 0 Å². The molecule has 0 fully saturated rings. The molecular weight excluding hydrogens is 354 g/mol. The van der Waals surface area contributed by atoms with Crippen molar-refractivity contribution in [3.05, 3.63) is 74.4 Å². The Bertz CT molecular complexity index is 1120. The fourth-order valence-corrected chi connectivity index (χ4v) is 3.37. The molecule has 3 rings (SSSR count). The molecule has 1 heterocycles. The van der Waals surface area contributed by atoms with E-state index in [9.17, 15) is 14.4 Å². The van der Waals surface area contributed by atoms with Crippen LogP contribution in [0.1, 0.15) is 30.9 Å². The summed E-state index contributed by atoms with van der Waals surface area (Å²) in [5, 5.41) is 3.35. The molecule has 6 nitrogen and oxygen atoms in total. The molecule has 2 aromatic carbocycles. The van der Waals surface area contributed by atoms with Crippen LogP contribution in [0, 0.1) is 13.8 Å². The number of anilines is 1. The van der Waals surface area contributed by atoms with E-state index in [4.69, 9.17) is 0 Å². The van der Waals surface area contributed by atoms with Gasteiger partial charge in [-0.25, -0.2) is 4.79 Å². The lowest BCUT2D eigenvalue weighted by Gasteiger charge is -2.15. The van der Waals surface area contributed by atoms with Crippen molar-refractivity contribution in [2.75, 3.05) is 5.32 Å². The second kappa shape index (κ2) is 8.25. The standard InChI is InChI=1S/C22H25N3O3/c1-4-5-13-24-21(27)17-11-6-7-12-18(17)25(22(24)28)14-19(26)23-20-15(2)9-8-10-16(20)3/h6-12H,4-5,13-14H2,1-3H3,(H,23,26). The summed E-state index contributed by atoms with van der Waals surface area (Å²) in [7, 11) is 0. The summed E-state index contributed by atoms with van der Waals surface area (Å²) in [6.07, 6.45) is 1.59. The molecule has 0 bridgehead atoms. The molecular formula is C22H25N3O3. The van der Waals surface area contributed by atoms with E-state index in [1.54, 1.807) is 24.3 Å². The topological polar surface area (TPSA) is 73.1 Å². The van der Waals surface area contributed by atoms with Gasteiger partial charge in [-0.1, -0.05) is 43.7 Å². The van der Waals surface area contributed by atoms with Crippen LogP contribution >= 0.6 is 0 Å². The van der Waals surface area contributed by atoms with Crippen molar-refractivity contribution in [1.82, 2.24) is 9.13 Å². The summed E-state index contributed by atoms with van der Waals surface area (Å²) in [4.78, 5) is 38.4. The number of aryl methyl sites for hydroxylation is 2. The third kappa shape index (κ3) is 3.76. The first-order valence-corrected chi connectivity index (χ1v) is 9.52. The lowest BCUT2D eigenvalue weighted by Crippen LogP contribution is -2.41. The molecule has 6 heteroatoms. The van der Waals surface area contributed by atoms with Crippen LogP contribution in [0.2, 0.25) is 0 Å². The predicted octanol–water partition coefficient (Wildman–Crippen LogP) is 3.22. The van der Waals surface area contributed by atoms with Crippen LogP contribution in [-0.2, 0) is 17.9 Å². The number of hydrogen-bond acceptors (Lipinski definition) is 3. The number of hydrogen-bond donors (Lipinski definition) is 1. The highest BCUT2D eigenvalue weighted by molar-refractivity contribution is 5.93. The number of fused-ring (bicyclic) bond motifs is 1. The number of nitrogens with one attached hydrogen (secondary N) is 1. The highest BCUT2D eigenvalue weighted by Gasteiger charge is 2.16. The van der Waals surface area contributed by atoms with Crippen LogP contribution < -0.4 is 16.6 Å². The number of nitrogens with zero attached hydrogens (tertiary/aromatic N) is 2. The zero-order valence-corrected chi connectivity index (χ0v) is 16.5. The summed E-state index contributed by atoms with van der Waals surface area (Å²) in [6.45, 7) is 6.05. The third-order valence-electron chi connectivity index (χ3n) is 4.91. The van der Waals surface area contributed by atoms with E-state index in [1.165, 1.54) is 9.13 Å². The SMILES string of the molecule is CCCCn1c(=O)c2ccccc2n(CC(=O)Nc2c(C)cccc2C)c1=O. The summed E-state index contributed by atoms with van der Waals surface area (Å²) >= 11 is 0. The number of carbonyl (C=O) groups is 1. The minimum Gasteiger partial charge on any atom is -0.324 e. The van der Waals surface area contributed by atoms with Gasteiger partial charge in [0.25, 0.3) is 5.56 Å². The Morgan fingerprint density at radius 1 is 0.964 bits per heavy atom. The highest BCUT2D eigenvalue weighted by Crippen LogP contribution is 2.19. The molecule has 0 saturated heterocycles. The second-order valence-electron chi connectivity index (χ2n) is 7.01. The largest absolute Gasteiger partial charge is 0.331 e. The Hall–Kier alpha value is -3.15. The molecule has 1 amide bonds. The van der Waals surface area contributed by atoms with Gasteiger partial charge in [-0.3, -0.25) is 18.7 Å². The van der Waals surface area contributed by atoms with Crippen LogP contribution in [0.4, 0.5) is 5.69 Å². The molecule has 0 spiro atoms. The van der Waals surface area contributed by atoms with Gasteiger partial charge < -0.3 is 5.32 Å². The first-order valence-electron chi connectivity index (χ1n) is 9.52. The Morgan fingerprint density at radius 2 is 1.64 bits per heavy atom. The van der Waals surface area contributed by atoms with Gasteiger partial charge in [0.1, 0.15) is 6.54 Å². The fourth-order valence-electron chi connectivity index (χ4n) is 3.37. The first-order chi connectivity index (χ1) is 13.4. The van der Waals surface area contributed by atoms with Crippen LogP contribution in [0.25, 0.3) is 10.9 Å². The molecule has 3 aromatic rings. The van der Waals surface area contributed by atoms with Gasteiger partial charge in [0, 0.05) is 12.2 Å². The second-order valence-corrected chi connectivity index (χ2v) is 7.01. The Kier molecular flexibility index (Phi) is 5.78. The minimum atomic E-state index is -0.450. The Morgan fingerprint density at radius 3 is 2.32 bits per heavy atom. The Balaban J connectivity index is 2.03. The molecule has 0 saturated carbocycles. The predicted molar refractivity (Wildman–Crippen MR) is 112 cm³/mol. The number of carbonyl (C=O) groups excluding carboxylic acids is 1. The van der Waals surface area contributed by atoms with E-state index in [0.717, 1.165) is 29.7 Å². The summed E-state index contributed by atoms with van der Waals surface area (Å²) in [5.41, 5.74) is 2.39. The average Bonchev–Trinajstić information content (AvgIpc) is 2.68. The van der Waals surface area contributed by atoms with Crippen molar-refractivity contribution in [1.29, 1.82) is 0 Å². The molecule has 0 radical (unpaired) electrons. The zero-order valence-electron chi connectivity index (χ0n) is 16.5. The van der Waals surface area contributed by atoms with Gasteiger partial charge in [0.2, 0.25) is 5.91 Å². The monoisotopic (exact) mass is 379 g/mol. The van der Waals surface area contributed by atoms with Crippen molar-refractivity contribution >= 4 is 22.5 Å². The summed E-state index contributed by atoms with van der Waals surface area (Å²) in [6, 6.07) is 12.7. The number of amides is 1. The molecule has 0 unspecified atom stereocenters. The maximum atomic E-state index is 13.0.